The Morgan fingerprint density at radius 2 is 1.48 bits per heavy atom. The molecule has 5 heterocycles. The highest BCUT2D eigenvalue weighted by Gasteiger charge is 2.16. The number of pyridine rings is 2. The number of nitrogens with zero attached hydrogens (tertiary/aromatic N) is 10. The Kier molecular flexibility index (Phi) is 6.78. The molecule has 0 aromatic carbocycles. The number of aromatic nitrogens is 6. The molecule has 3 aromatic rings. The van der Waals surface area contributed by atoms with Crippen molar-refractivity contribution in [3.8, 4) is 11.5 Å². The molecule has 3 aromatic heterocycles. The van der Waals surface area contributed by atoms with Crippen molar-refractivity contribution in [2.45, 2.75) is 32.4 Å². The molecular formula is C22H27N11. The number of rotatable bonds is 6. The van der Waals surface area contributed by atoms with Gasteiger partial charge in [0, 0.05) is 26.2 Å². The molecule has 1 fully saturated rings. The molecule has 0 spiro atoms. The zero-order chi connectivity index (χ0) is 22.3. The van der Waals surface area contributed by atoms with Crippen molar-refractivity contribution in [3.63, 3.8) is 0 Å². The van der Waals surface area contributed by atoms with E-state index in [0.717, 1.165) is 67.8 Å². The smallest absolute Gasteiger partial charge is 0.222 e. The van der Waals surface area contributed by atoms with Gasteiger partial charge < -0.3 is 0 Å². The first kappa shape index (κ1) is 21.4. The standard InChI is InChI=1S/C22H27N11/c1-2-10-32(15-17-6-4-8-19(24-17)21-14-23-29-26-21)12-13-33(11-3-1)16-18-7-5-9-20(25-18)22-27-30-31-28-22/h4-9H,1-3,10-16H2,(H,27,28,30,31). The average molecular weight is 446 g/mol. The van der Waals surface area contributed by atoms with Crippen LogP contribution in [0.1, 0.15) is 36.3 Å². The van der Waals surface area contributed by atoms with Crippen LogP contribution in [0.4, 0.5) is 0 Å². The Morgan fingerprint density at radius 3 is 2.12 bits per heavy atom. The Morgan fingerprint density at radius 1 is 0.788 bits per heavy atom. The second-order valence-corrected chi connectivity index (χ2v) is 8.31. The van der Waals surface area contributed by atoms with Crippen LogP contribution in [0.5, 0.6) is 0 Å². The quantitative estimate of drug-likeness (QED) is 0.617. The summed E-state index contributed by atoms with van der Waals surface area (Å²) in [4.78, 5) is 14.5. The predicted molar refractivity (Wildman–Crippen MR) is 122 cm³/mol. The summed E-state index contributed by atoms with van der Waals surface area (Å²) in [6.45, 7) is 6.27. The number of hydrogen-bond donors (Lipinski definition) is 1. The summed E-state index contributed by atoms with van der Waals surface area (Å²) in [6.07, 6.45) is 3.61. The zero-order valence-electron chi connectivity index (χ0n) is 18.5. The molecule has 2 aliphatic heterocycles. The molecule has 0 aliphatic carbocycles. The lowest BCUT2D eigenvalue weighted by Gasteiger charge is -2.26. The Balaban J connectivity index is 1.22. The topological polar surface area (TPSA) is 124 Å². The fourth-order valence-corrected chi connectivity index (χ4v) is 4.17. The van der Waals surface area contributed by atoms with E-state index in [9.17, 15) is 0 Å². The number of tetrazole rings is 1. The number of H-pyrrole nitrogens is 1. The van der Waals surface area contributed by atoms with Gasteiger partial charge in [0.1, 0.15) is 18.0 Å². The molecule has 11 nitrogen and oxygen atoms in total. The molecule has 0 bridgehead atoms. The SMILES string of the molecule is c1cc(CN2CCCCCN(Cc3cccc(-c4nn[nH]n4)n3)CC2)nc(C2=NN=NC2)c1. The van der Waals surface area contributed by atoms with Gasteiger partial charge in [-0.2, -0.15) is 10.3 Å². The minimum absolute atomic E-state index is 0.511. The van der Waals surface area contributed by atoms with Crippen LogP contribution in [0.15, 0.2) is 51.8 Å². The molecule has 0 amide bonds. The third-order valence-electron chi connectivity index (χ3n) is 5.89. The Hall–Kier alpha value is -3.44. The normalized spacial score (nSPS) is 18.0. The van der Waals surface area contributed by atoms with Crippen LogP contribution in [0.25, 0.3) is 11.5 Å². The summed E-state index contributed by atoms with van der Waals surface area (Å²) < 4.78 is 0. The fourth-order valence-electron chi connectivity index (χ4n) is 4.17. The van der Waals surface area contributed by atoms with Crippen molar-refractivity contribution >= 4 is 5.71 Å². The fraction of sp³-hybridized carbons (Fsp3) is 0.455. The average Bonchev–Trinajstić information content (AvgIpc) is 3.57. The first-order valence-electron chi connectivity index (χ1n) is 11.4. The van der Waals surface area contributed by atoms with Crippen LogP contribution in [0, 0.1) is 0 Å². The Labute approximate surface area is 192 Å². The van der Waals surface area contributed by atoms with Gasteiger partial charge in [0.25, 0.3) is 0 Å². The van der Waals surface area contributed by atoms with Crippen molar-refractivity contribution in [3.05, 3.63) is 53.5 Å². The van der Waals surface area contributed by atoms with Gasteiger partial charge in [-0.3, -0.25) is 14.8 Å². The first-order chi connectivity index (χ1) is 16.3. The van der Waals surface area contributed by atoms with Gasteiger partial charge in [0.2, 0.25) is 5.82 Å². The molecule has 1 saturated heterocycles. The van der Waals surface area contributed by atoms with E-state index in [1.54, 1.807) is 0 Å². The molecule has 11 heteroatoms. The molecule has 170 valence electrons. The van der Waals surface area contributed by atoms with Crippen LogP contribution in [0.2, 0.25) is 0 Å². The summed E-state index contributed by atoms with van der Waals surface area (Å²) in [7, 11) is 0. The molecule has 1 N–H and O–H groups in total. The van der Waals surface area contributed by atoms with Crippen LogP contribution < -0.4 is 0 Å². The van der Waals surface area contributed by atoms with E-state index in [1.165, 1.54) is 19.3 Å². The highest BCUT2D eigenvalue weighted by molar-refractivity contribution is 6.01. The van der Waals surface area contributed by atoms with E-state index in [1.807, 2.05) is 24.3 Å². The number of hydrogen-bond acceptors (Lipinski definition) is 10. The number of nitrogens with one attached hydrogen (secondary N) is 1. The number of aromatic amines is 1. The van der Waals surface area contributed by atoms with Crippen molar-refractivity contribution in [1.82, 2.24) is 40.4 Å². The minimum Gasteiger partial charge on any atom is -0.296 e. The highest BCUT2D eigenvalue weighted by atomic mass is 15.5. The second-order valence-electron chi connectivity index (χ2n) is 8.31. The monoisotopic (exact) mass is 445 g/mol. The van der Waals surface area contributed by atoms with Gasteiger partial charge in [0.05, 0.1) is 17.1 Å². The van der Waals surface area contributed by atoms with Crippen LogP contribution in [0.3, 0.4) is 0 Å². The molecule has 0 unspecified atom stereocenters. The Bertz CT molecular complexity index is 1110. The lowest BCUT2D eigenvalue weighted by molar-refractivity contribution is 0.202. The van der Waals surface area contributed by atoms with Crippen LogP contribution >= 0.6 is 0 Å². The molecular weight excluding hydrogens is 418 g/mol. The van der Waals surface area contributed by atoms with Gasteiger partial charge in [-0.05, 0) is 60.6 Å². The lowest BCUT2D eigenvalue weighted by Crippen LogP contribution is -2.35. The zero-order valence-corrected chi connectivity index (χ0v) is 18.5. The van der Waals surface area contributed by atoms with Crippen LogP contribution in [-0.2, 0) is 13.1 Å². The van der Waals surface area contributed by atoms with Crippen molar-refractivity contribution in [2.75, 3.05) is 32.7 Å². The van der Waals surface area contributed by atoms with Gasteiger partial charge in [-0.25, -0.2) is 4.98 Å². The summed E-state index contributed by atoms with van der Waals surface area (Å²) in [5.41, 5.74) is 4.53. The minimum atomic E-state index is 0.511. The third kappa shape index (κ3) is 5.68. The van der Waals surface area contributed by atoms with E-state index < -0.39 is 0 Å². The maximum atomic E-state index is 4.81. The lowest BCUT2D eigenvalue weighted by atomic mass is 10.2. The molecule has 2 aliphatic rings. The largest absolute Gasteiger partial charge is 0.296 e. The van der Waals surface area contributed by atoms with E-state index in [2.05, 4.69) is 58.0 Å². The molecule has 33 heavy (non-hydrogen) atoms. The third-order valence-corrected chi connectivity index (χ3v) is 5.89. The van der Waals surface area contributed by atoms with E-state index in [4.69, 9.17) is 9.97 Å². The summed E-state index contributed by atoms with van der Waals surface area (Å²) >= 11 is 0. The summed E-state index contributed by atoms with van der Waals surface area (Å²) in [5, 5.41) is 25.9. The maximum absolute atomic E-state index is 4.81. The van der Waals surface area contributed by atoms with E-state index in [0.29, 0.717) is 12.4 Å². The van der Waals surface area contributed by atoms with Crippen molar-refractivity contribution in [2.24, 2.45) is 15.4 Å². The summed E-state index contributed by atoms with van der Waals surface area (Å²) in [5.74, 6) is 0.521. The maximum Gasteiger partial charge on any atom is 0.222 e. The summed E-state index contributed by atoms with van der Waals surface area (Å²) in [6, 6.07) is 12.1. The van der Waals surface area contributed by atoms with Crippen molar-refractivity contribution in [1.29, 1.82) is 0 Å². The predicted octanol–water partition coefficient (Wildman–Crippen LogP) is 2.31. The van der Waals surface area contributed by atoms with Crippen molar-refractivity contribution < 1.29 is 0 Å². The highest BCUT2D eigenvalue weighted by Crippen LogP contribution is 2.15. The molecule has 0 atom stereocenters. The second kappa shape index (κ2) is 10.5. The first-order valence-corrected chi connectivity index (χ1v) is 11.4. The van der Waals surface area contributed by atoms with Gasteiger partial charge in [0.15, 0.2) is 0 Å². The van der Waals surface area contributed by atoms with Gasteiger partial charge >= 0.3 is 0 Å². The molecule has 0 radical (unpaired) electrons. The van der Waals surface area contributed by atoms with Crippen LogP contribution in [-0.4, -0.2) is 78.8 Å². The van der Waals surface area contributed by atoms with E-state index in [-0.39, 0.29) is 0 Å². The van der Waals surface area contributed by atoms with Gasteiger partial charge in [-0.1, -0.05) is 18.6 Å². The van der Waals surface area contributed by atoms with Gasteiger partial charge in [-0.15, -0.1) is 15.3 Å². The van der Waals surface area contributed by atoms with E-state index >= 15 is 0 Å². The molecule has 5 rings (SSSR count). The molecule has 0 saturated carbocycles.